The molecular formula is C32H31BrCl2N2O3. The van der Waals surface area contributed by atoms with Crippen LogP contribution in [-0.4, -0.2) is 35.9 Å². The molecule has 0 spiro atoms. The van der Waals surface area contributed by atoms with Gasteiger partial charge in [-0.15, -0.1) is 0 Å². The Balaban J connectivity index is 1.66. The lowest BCUT2D eigenvalue weighted by atomic mass is 10.0. The van der Waals surface area contributed by atoms with E-state index in [1.807, 2.05) is 66.7 Å². The Bertz CT molecular complexity index is 1450. The minimum Gasteiger partial charge on any atom is -0.483 e. The van der Waals surface area contributed by atoms with E-state index in [1.165, 1.54) is 4.90 Å². The number of nitrogens with one attached hydrogen (secondary N) is 1. The third kappa shape index (κ3) is 7.57. The predicted molar refractivity (Wildman–Crippen MR) is 166 cm³/mol. The van der Waals surface area contributed by atoms with Crippen LogP contribution < -0.4 is 10.1 Å². The number of benzene rings is 4. The summed E-state index contributed by atoms with van der Waals surface area (Å²) >= 11 is 16.7. The Hall–Kier alpha value is -3.06. The van der Waals surface area contributed by atoms with Gasteiger partial charge in [0.1, 0.15) is 11.8 Å². The van der Waals surface area contributed by atoms with Crippen LogP contribution >= 0.6 is 39.1 Å². The maximum Gasteiger partial charge on any atom is 0.261 e. The van der Waals surface area contributed by atoms with Gasteiger partial charge in [-0.05, 0) is 56.9 Å². The first kappa shape index (κ1) is 29.9. The zero-order valence-corrected chi connectivity index (χ0v) is 25.3. The molecule has 0 fully saturated rings. The van der Waals surface area contributed by atoms with E-state index in [0.29, 0.717) is 34.3 Å². The molecular weight excluding hydrogens is 611 g/mol. The fourth-order valence-electron chi connectivity index (χ4n) is 4.46. The van der Waals surface area contributed by atoms with Crippen molar-refractivity contribution in [1.82, 2.24) is 10.2 Å². The molecule has 5 nitrogen and oxygen atoms in total. The van der Waals surface area contributed by atoms with Gasteiger partial charge in [-0.2, -0.15) is 0 Å². The number of carbonyl (C=O) groups excluding carboxylic acids is 2. The van der Waals surface area contributed by atoms with Gasteiger partial charge in [-0.3, -0.25) is 9.59 Å². The summed E-state index contributed by atoms with van der Waals surface area (Å²) in [5.74, 6) is -0.0573. The van der Waals surface area contributed by atoms with Gasteiger partial charge in [-0.25, -0.2) is 0 Å². The van der Waals surface area contributed by atoms with Crippen molar-refractivity contribution in [2.24, 2.45) is 0 Å². The van der Waals surface area contributed by atoms with Gasteiger partial charge in [0, 0.05) is 35.1 Å². The molecule has 8 heteroatoms. The lowest BCUT2D eigenvalue weighted by molar-refractivity contribution is -0.142. The molecule has 208 valence electrons. The van der Waals surface area contributed by atoms with Gasteiger partial charge in [0.05, 0.1) is 4.47 Å². The fourth-order valence-corrected chi connectivity index (χ4v) is 5.59. The number of amides is 2. The van der Waals surface area contributed by atoms with Crippen molar-refractivity contribution in [3.05, 3.63) is 111 Å². The molecule has 0 heterocycles. The second-order valence-electron chi connectivity index (χ2n) is 9.46. The zero-order valence-electron chi connectivity index (χ0n) is 22.2. The van der Waals surface area contributed by atoms with Gasteiger partial charge in [0.15, 0.2) is 6.61 Å². The molecule has 40 heavy (non-hydrogen) atoms. The quantitative estimate of drug-likeness (QED) is 0.160. The molecule has 0 aliphatic rings. The molecule has 0 saturated heterocycles. The number of hydrogen-bond acceptors (Lipinski definition) is 3. The Morgan fingerprint density at radius 1 is 0.925 bits per heavy atom. The SMILES string of the molecule is CCCCNC(=O)[C@@H](Cc1ccccc1)N(Cc1c(Cl)cccc1Cl)C(=O)COc1ccc2ccccc2c1Br. The standard InChI is InChI=1S/C32H31BrCl2N2O3/c1-2-3-18-36-32(39)28(19-22-10-5-4-6-11-22)37(20-25-26(34)14-9-15-27(25)35)30(38)21-40-29-17-16-23-12-7-8-13-24(23)31(29)33/h4-17,28H,2-3,18-21H2,1H3,(H,36,39)/t28-/m1/s1. The van der Waals surface area contributed by atoms with Gasteiger partial charge in [0.2, 0.25) is 5.91 Å². The van der Waals surface area contributed by atoms with Crippen LogP contribution in [0.15, 0.2) is 89.4 Å². The van der Waals surface area contributed by atoms with E-state index in [-0.39, 0.29) is 25.0 Å². The molecule has 0 aliphatic carbocycles. The number of hydrogen-bond donors (Lipinski definition) is 1. The first-order valence-corrected chi connectivity index (χ1v) is 14.8. The highest BCUT2D eigenvalue weighted by Crippen LogP contribution is 2.33. The van der Waals surface area contributed by atoms with Crippen molar-refractivity contribution < 1.29 is 14.3 Å². The summed E-state index contributed by atoms with van der Waals surface area (Å²) in [7, 11) is 0. The fraction of sp³-hybridized carbons (Fsp3) is 0.250. The summed E-state index contributed by atoms with van der Waals surface area (Å²) in [5, 5.41) is 5.89. The molecule has 0 aromatic heterocycles. The van der Waals surface area contributed by atoms with E-state index >= 15 is 0 Å². The number of carbonyl (C=O) groups is 2. The maximum atomic E-state index is 13.9. The maximum absolute atomic E-state index is 13.9. The van der Waals surface area contributed by atoms with E-state index < -0.39 is 6.04 Å². The zero-order chi connectivity index (χ0) is 28.5. The number of nitrogens with zero attached hydrogens (tertiary/aromatic N) is 1. The first-order chi connectivity index (χ1) is 19.4. The van der Waals surface area contributed by atoms with Crippen LogP contribution in [0, 0.1) is 0 Å². The lowest BCUT2D eigenvalue weighted by Gasteiger charge is -2.32. The monoisotopic (exact) mass is 640 g/mol. The van der Waals surface area contributed by atoms with Gasteiger partial charge in [0.25, 0.3) is 5.91 Å². The summed E-state index contributed by atoms with van der Waals surface area (Å²) in [4.78, 5) is 29.0. The molecule has 0 saturated carbocycles. The van der Waals surface area contributed by atoms with Crippen LogP contribution in [0.4, 0.5) is 0 Å². The largest absolute Gasteiger partial charge is 0.483 e. The molecule has 1 N–H and O–H groups in total. The first-order valence-electron chi connectivity index (χ1n) is 13.2. The summed E-state index contributed by atoms with van der Waals surface area (Å²) in [6.07, 6.45) is 2.11. The summed E-state index contributed by atoms with van der Waals surface area (Å²) in [6, 6.07) is 25.7. The number of fused-ring (bicyclic) bond motifs is 1. The normalized spacial score (nSPS) is 11.7. The number of halogens is 3. The van der Waals surface area contributed by atoms with Crippen molar-refractivity contribution in [3.8, 4) is 5.75 Å². The Morgan fingerprint density at radius 2 is 1.62 bits per heavy atom. The Kier molecular flexibility index (Phi) is 10.9. The van der Waals surface area contributed by atoms with Gasteiger partial charge >= 0.3 is 0 Å². The van der Waals surface area contributed by atoms with Crippen LogP contribution in [0.1, 0.15) is 30.9 Å². The molecule has 4 rings (SSSR count). The number of ether oxygens (including phenoxy) is 1. The molecule has 1 atom stereocenters. The molecule has 0 unspecified atom stereocenters. The minimum atomic E-state index is -0.803. The van der Waals surface area contributed by atoms with Crippen LogP contribution in [0.3, 0.4) is 0 Å². The van der Waals surface area contributed by atoms with Crippen molar-refractivity contribution >= 4 is 61.7 Å². The second kappa shape index (κ2) is 14.5. The highest BCUT2D eigenvalue weighted by Gasteiger charge is 2.31. The average molecular weight is 642 g/mol. The number of rotatable bonds is 12. The molecule has 0 aliphatic heterocycles. The van der Waals surface area contributed by atoms with Crippen LogP contribution in [-0.2, 0) is 22.6 Å². The highest BCUT2D eigenvalue weighted by molar-refractivity contribution is 9.10. The smallest absolute Gasteiger partial charge is 0.261 e. The molecule has 0 radical (unpaired) electrons. The third-order valence-corrected chi connectivity index (χ3v) is 8.20. The average Bonchev–Trinajstić information content (AvgIpc) is 2.96. The van der Waals surface area contributed by atoms with Crippen molar-refractivity contribution in [2.45, 2.75) is 38.8 Å². The minimum absolute atomic E-state index is 0.0539. The van der Waals surface area contributed by atoms with E-state index in [4.69, 9.17) is 27.9 Å². The van der Waals surface area contributed by atoms with Crippen LogP contribution in [0.25, 0.3) is 10.8 Å². The van der Waals surface area contributed by atoms with Crippen molar-refractivity contribution in [3.63, 3.8) is 0 Å². The van der Waals surface area contributed by atoms with Crippen LogP contribution in [0.5, 0.6) is 5.75 Å². The second-order valence-corrected chi connectivity index (χ2v) is 11.1. The molecule has 4 aromatic rings. The van der Waals surface area contributed by atoms with Gasteiger partial charge in [-0.1, -0.05) is 103 Å². The van der Waals surface area contributed by atoms with Crippen molar-refractivity contribution in [1.29, 1.82) is 0 Å². The van der Waals surface area contributed by atoms with Gasteiger partial charge < -0.3 is 15.0 Å². The van der Waals surface area contributed by atoms with E-state index in [9.17, 15) is 9.59 Å². The summed E-state index contributed by atoms with van der Waals surface area (Å²) in [5.41, 5.74) is 1.50. The molecule has 2 amide bonds. The number of unbranched alkanes of at least 4 members (excludes halogenated alkanes) is 1. The van der Waals surface area contributed by atoms with E-state index in [0.717, 1.165) is 33.7 Å². The van der Waals surface area contributed by atoms with E-state index in [2.05, 4.69) is 28.2 Å². The lowest BCUT2D eigenvalue weighted by Crippen LogP contribution is -2.52. The molecule has 0 bridgehead atoms. The topological polar surface area (TPSA) is 58.6 Å². The summed E-state index contributed by atoms with van der Waals surface area (Å²) < 4.78 is 6.79. The predicted octanol–water partition coefficient (Wildman–Crippen LogP) is 7.84. The Morgan fingerprint density at radius 3 is 2.35 bits per heavy atom. The Labute approximate surface area is 253 Å². The van der Waals surface area contributed by atoms with Crippen LogP contribution in [0.2, 0.25) is 10.0 Å². The van der Waals surface area contributed by atoms with Crippen molar-refractivity contribution in [2.75, 3.05) is 13.2 Å². The van der Waals surface area contributed by atoms with E-state index in [1.54, 1.807) is 18.2 Å². The third-order valence-electron chi connectivity index (χ3n) is 6.67. The highest BCUT2D eigenvalue weighted by atomic mass is 79.9. The molecule has 4 aromatic carbocycles. The summed E-state index contributed by atoms with van der Waals surface area (Å²) in [6.45, 7) is 2.37.